The standard InChI is InChI=1S/C21H15N3OS/c25-20(15-9-11-22-12-10-15)23-18-8-4-7-17(13-18)19-14-26-21(24-19)16-5-2-1-3-6-16/h1-14H,(H,23,25). The fraction of sp³-hybridized carbons (Fsp3) is 0. The van der Waals surface area contributed by atoms with E-state index >= 15 is 0 Å². The first-order chi connectivity index (χ1) is 12.8. The summed E-state index contributed by atoms with van der Waals surface area (Å²) in [7, 11) is 0. The zero-order valence-electron chi connectivity index (χ0n) is 13.8. The monoisotopic (exact) mass is 357 g/mol. The Morgan fingerprint density at radius 1 is 0.885 bits per heavy atom. The van der Waals surface area contributed by atoms with Crippen LogP contribution in [0.15, 0.2) is 84.5 Å². The molecule has 0 fully saturated rings. The predicted molar refractivity (Wildman–Crippen MR) is 105 cm³/mol. The second-order valence-electron chi connectivity index (χ2n) is 5.67. The van der Waals surface area contributed by atoms with E-state index < -0.39 is 0 Å². The molecule has 4 nitrogen and oxygen atoms in total. The van der Waals surface area contributed by atoms with Gasteiger partial charge in [0.25, 0.3) is 5.91 Å². The van der Waals surface area contributed by atoms with E-state index in [9.17, 15) is 4.79 Å². The van der Waals surface area contributed by atoms with Gasteiger partial charge in [0.05, 0.1) is 5.69 Å². The second kappa shape index (κ2) is 7.29. The smallest absolute Gasteiger partial charge is 0.255 e. The number of carbonyl (C=O) groups excluding carboxylic acids is 1. The Balaban J connectivity index is 1.57. The van der Waals surface area contributed by atoms with E-state index in [0.717, 1.165) is 27.5 Å². The van der Waals surface area contributed by atoms with Crippen LogP contribution in [0.4, 0.5) is 5.69 Å². The second-order valence-corrected chi connectivity index (χ2v) is 6.53. The van der Waals surface area contributed by atoms with Crippen LogP contribution in [0, 0.1) is 0 Å². The normalized spacial score (nSPS) is 10.5. The molecule has 1 amide bonds. The molecule has 2 aromatic heterocycles. The molecule has 0 aliphatic carbocycles. The Hall–Kier alpha value is -3.31. The highest BCUT2D eigenvalue weighted by Gasteiger charge is 2.09. The lowest BCUT2D eigenvalue weighted by molar-refractivity contribution is 0.102. The molecular weight excluding hydrogens is 342 g/mol. The lowest BCUT2D eigenvalue weighted by Crippen LogP contribution is -2.11. The van der Waals surface area contributed by atoms with Gasteiger partial charge in [-0.05, 0) is 24.3 Å². The summed E-state index contributed by atoms with van der Waals surface area (Å²) in [5.41, 5.74) is 4.28. The molecule has 0 unspecified atom stereocenters. The van der Waals surface area contributed by atoms with Crippen LogP contribution in [0.1, 0.15) is 10.4 Å². The third-order valence-electron chi connectivity index (χ3n) is 3.88. The van der Waals surface area contributed by atoms with Gasteiger partial charge in [-0.2, -0.15) is 0 Å². The SMILES string of the molecule is O=C(Nc1cccc(-c2csc(-c3ccccc3)n2)c1)c1ccncc1. The quantitative estimate of drug-likeness (QED) is 0.551. The van der Waals surface area contributed by atoms with Crippen molar-refractivity contribution in [3.63, 3.8) is 0 Å². The summed E-state index contributed by atoms with van der Waals surface area (Å²) >= 11 is 1.61. The van der Waals surface area contributed by atoms with Crippen LogP contribution in [-0.2, 0) is 0 Å². The van der Waals surface area contributed by atoms with Crippen molar-refractivity contribution < 1.29 is 4.79 Å². The van der Waals surface area contributed by atoms with Gasteiger partial charge in [-0.1, -0.05) is 42.5 Å². The number of pyridine rings is 1. The van der Waals surface area contributed by atoms with Crippen molar-refractivity contribution >= 4 is 22.9 Å². The summed E-state index contributed by atoms with van der Waals surface area (Å²) in [6, 6.07) is 21.2. The first-order valence-corrected chi connectivity index (χ1v) is 9.00. The van der Waals surface area contributed by atoms with Crippen molar-refractivity contribution in [3.8, 4) is 21.8 Å². The maximum atomic E-state index is 12.3. The number of thiazole rings is 1. The van der Waals surface area contributed by atoms with Crippen LogP contribution in [0.3, 0.4) is 0 Å². The van der Waals surface area contributed by atoms with Crippen LogP contribution < -0.4 is 5.32 Å². The Labute approximate surface area is 155 Å². The van der Waals surface area contributed by atoms with Gasteiger partial charge < -0.3 is 5.32 Å². The van der Waals surface area contributed by atoms with Crippen LogP contribution in [0.2, 0.25) is 0 Å². The number of anilines is 1. The highest BCUT2D eigenvalue weighted by atomic mass is 32.1. The molecule has 0 bridgehead atoms. The van der Waals surface area contributed by atoms with Crippen molar-refractivity contribution in [1.82, 2.24) is 9.97 Å². The number of carbonyl (C=O) groups is 1. The topological polar surface area (TPSA) is 54.9 Å². The molecule has 4 aromatic rings. The van der Waals surface area contributed by atoms with Crippen molar-refractivity contribution in [3.05, 3.63) is 90.1 Å². The molecule has 0 aliphatic heterocycles. The number of nitrogens with one attached hydrogen (secondary N) is 1. The molecule has 4 rings (SSSR count). The molecule has 2 heterocycles. The third-order valence-corrected chi connectivity index (χ3v) is 4.77. The van der Waals surface area contributed by atoms with Gasteiger partial charge in [-0.25, -0.2) is 4.98 Å². The molecule has 2 aromatic carbocycles. The van der Waals surface area contributed by atoms with E-state index in [0.29, 0.717) is 5.56 Å². The molecule has 0 radical (unpaired) electrons. The van der Waals surface area contributed by atoms with Gasteiger partial charge >= 0.3 is 0 Å². The molecule has 26 heavy (non-hydrogen) atoms. The number of aromatic nitrogens is 2. The van der Waals surface area contributed by atoms with Crippen molar-refractivity contribution in [2.45, 2.75) is 0 Å². The molecule has 0 saturated carbocycles. The molecule has 0 aliphatic rings. The average molecular weight is 357 g/mol. The van der Waals surface area contributed by atoms with E-state index in [1.807, 2.05) is 60.0 Å². The number of amides is 1. The van der Waals surface area contributed by atoms with Gasteiger partial charge in [0, 0.05) is 40.2 Å². The first kappa shape index (κ1) is 16.2. The number of rotatable bonds is 4. The number of nitrogens with zero attached hydrogens (tertiary/aromatic N) is 2. The summed E-state index contributed by atoms with van der Waals surface area (Å²) in [4.78, 5) is 21.0. The molecule has 5 heteroatoms. The summed E-state index contributed by atoms with van der Waals surface area (Å²) in [5, 5.41) is 5.93. The lowest BCUT2D eigenvalue weighted by Gasteiger charge is -2.06. The van der Waals surface area contributed by atoms with E-state index in [-0.39, 0.29) is 5.91 Å². The van der Waals surface area contributed by atoms with Crippen LogP contribution >= 0.6 is 11.3 Å². The molecule has 0 saturated heterocycles. The average Bonchev–Trinajstić information content (AvgIpc) is 3.20. The van der Waals surface area contributed by atoms with Crippen molar-refractivity contribution in [2.24, 2.45) is 0 Å². The number of benzene rings is 2. The Morgan fingerprint density at radius 3 is 2.46 bits per heavy atom. The number of hydrogen-bond acceptors (Lipinski definition) is 4. The van der Waals surface area contributed by atoms with Crippen LogP contribution in [0.5, 0.6) is 0 Å². The summed E-state index contributed by atoms with van der Waals surface area (Å²) in [6.45, 7) is 0. The third kappa shape index (κ3) is 3.53. The minimum Gasteiger partial charge on any atom is -0.322 e. The fourth-order valence-electron chi connectivity index (χ4n) is 2.58. The minimum atomic E-state index is -0.159. The van der Waals surface area contributed by atoms with E-state index in [1.165, 1.54) is 0 Å². The highest BCUT2D eigenvalue weighted by molar-refractivity contribution is 7.13. The van der Waals surface area contributed by atoms with Crippen LogP contribution in [-0.4, -0.2) is 15.9 Å². The Bertz CT molecular complexity index is 1030. The lowest BCUT2D eigenvalue weighted by atomic mass is 10.1. The zero-order chi connectivity index (χ0) is 17.8. The Morgan fingerprint density at radius 2 is 1.65 bits per heavy atom. The minimum absolute atomic E-state index is 0.159. The maximum Gasteiger partial charge on any atom is 0.255 e. The van der Waals surface area contributed by atoms with Gasteiger partial charge in [-0.3, -0.25) is 9.78 Å². The van der Waals surface area contributed by atoms with E-state index in [2.05, 4.69) is 10.3 Å². The summed E-state index contributed by atoms with van der Waals surface area (Å²) < 4.78 is 0. The zero-order valence-corrected chi connectivity index (χ0v) is 14.6. The molecule has 1 N–H and O–H groups in total. The maximum absolute atomic E-state index is 12.3. The van der Waals surface area contributed by atoms with E-state index in [1.54, 1.807) is 35.9 Å². The van der Waals surface area contributed by atoms with Gasteiger partial charge in [-0.15, -0.1) is 11.3 Å². The predicted octanol–water partition coefficient (Wildman–Crippen LogP) is 5.12. The van der Waals surface area contributed by atoms with Gasteiger partial charge in [0.2, 0.25) is 0 Å². The molecule has 0 atom stereocenters. The van der Waals surface area contributed by atoms with Crippen molar-refractivity contribution in [1.29, 1.82) is 0 Å². The van der Waals surface area contributed by atoms with Crippen molar-refractivity contribution in [2.75, 3.05) is 5.32 Å². The molecular formula is C21H15N3OS. The Kier molecular flexibility index (Phi) is 4.53. The molecule has 0 spiro atoms. The summed E-state index contributed by atoms with van der Waals surface area (Å²) in [6.07, 6.45) is 3.21. The first-order valence-electron chi connectivity index (χ1n) is 8.12. The largest absolute Gasteiger partial charge is 0.322 e. The highest BCUT2D eigenvalue weighted by Crippen LogP contribution is 2.29. The number of hydrogen-bond donors (Lipinski definition) is 1. The van der Waals surface area contributed by atoms with E-state index in [4.69, 9.17) is 4.98 Å². The summed E-state index contributed by atoms with van der Waals surface area (Å²) in [5.74, 6) is -0.159. The van der Waals surface area contributed by atoms with Gasteiger partial charge in [0.15, 0.2) is 0 Å². The van der Waals surface area contributed by atoms with Crippen LogP contribution in [0.25, 0.3) is 21.8 Å². The fourth-order valence-corrected chi connectivity index (χ4v) is 3.42. The van der Waals surface area contributed by atoms with Gasteiger partial charge in [0.1, 0.15) is 5.01 Å². The molecule has 126 valence electrons.